The van der Waals surface area contributed by atoms with Crippen LogP contribution >= 0.6 is 15.9 Å². The molecule has 6 nitrogen and oxygen atoms in total. The molecule has 0 radical (unpaired) electrons. The van der Waals surface area contributed by atoms with E-state index in [1.54, 1.807) is 17.0 Å². The van der Waals surface area contributed by atoms with Crippen LogP contribution in [0.4, 0.5) is 11.4 Å². The molecule has 1 heterocycles. The van der Waals surface area contributed by atoms with Crippen molar-refractivity contribution in [2.24, 2.45) is 0 Å². The van der Waals surface area contributed by atoms with E-state index in [2.05, 4.69) is 15.9 Å². The summed E-state index contributed by atoms with van der Waals surface area (Å²) in [6, 6.07) is 4.27. The molecule has 0 bridgehead atoms. The monoisotopic (exact) mass is 328 g/mol. The molecule has 19 heavy (non-hydrogen) atoms. The van der Waals surface area contributed by atoms with Gasteiger partial charge in [0.05, 0.1) is 12.0 Å². The van der Waals surface area contributed by atoms with Crippen molar-refractivity contribution in [2.45, 2.75) is 18.9 Å². The van der Waals surface area contributed by atoms with E-state index in [0.29, 0.717) is 18.7 Å². The van der Waals surface area contributed by atoms with Crippen LogP contribution in [-0.2, 0) is 9.53 Å². The van der Waals surface area contributed by atoms with Crippen molar-refractivity contribution in [1.29, 1.82) is 0 Å². The number of rotatable bonds is 3. The Morgan fingerprint density at radius 1 is 1.58 bits per heavy atom. The van der Waals surface area contributed by atoms with Gasteiger partial charge in [0.15, 0.2) is 0 Å². The topological polar surface area (TPSA) is 72.7 Å². The summed E-state index contributed by atoms with van der Waals surface area (Å²) >= 11 is 3.30. The molecule has 1 unspecified atom stereocenters. The van der Waals surface area contributed by atoms with Gasteiger partial charge >= 0.3 is 5.97 Å². The van der Waals surface area contributed by atoms with Gasteiger partial charge in [0.1, 0.15) is 11.7 Å². The summed E-state index contributed by atoms with van der Waals surface area (Å²) in [5.41, 5.74) is 0.450. The second-order valence-corrected chi connectivity index (χ2v) is 5.18. The lowest BCUT2D eigenvalue weighted by atomic mass is 10.2. The van der Waals surface area contributed by atoms with Crippen LogP contribution in [0.3, 0.4) is 0 Å². The van der Waals surface area contributed by atoms with Crippen molar-refractivity contribution >= 4 is 33.3 Å². The molecule has 0 N–H and O–H groups in total. The molecule has 1 fully saturated rings. The third-order valence-corrected chi connectivity index (χ3v) is 3.66. The number of ether oxygens (including phenoxy) is 1. The Morgan fingerprint density at radius 3 is 2.95 bits per heavy atom. The summed E-state index contributed by atoms with van der Waals surface area (Å²) < 4.78 is 5.49. The molecular weight excluding hydrogens is 316 g/mol. The zero-order valence-electron chi connectivity index (χ0n) is 10.3. The van der Waals surface area contributed by atoms with Gasteiger partial charge in [-0.1, -0.05) is 15.9 Å². The molecule has 1 atom stereocenters. The lowest BCUT2D eigenvalue weighted by Crippen LogP contribution is -2.37. The average Bonchev–Trinajstić information content (AvgIpc) is 2.86. The smallest absolute Gasteiger partial charge is 0.328 e. The number of carbonyl (C=O) groups is 1. The molecule has 0 saturated carbocycles. The van der Waals surface area contributed by atoms with Gasteiger partial charge < -0.3 is 9.64 Å². The number of nitrogens with zero attached hydrogens (tertiary/aromatic N) is 2. The maximum atomic E-state index is 11.7. The summed E-state index contributed by atoms with van der Waals surface area (Å²) in [5.74, 6) is -0.355. The summed E-state index contributed by atoms with van der Waals surface area (Å²) in [6.07, 6.45) is 1.46. The van der Waals surface area contributed by atoms with Crippen molar-refractivity contribution in [3.05, 3.63) is 32.8 Å². The summed E-state index contributed by atoms with van der Waals surface area (Å²) in [6.45, 7) is 0.608. The molecular formula is C12H13BrN2O4. The molecule has 7 heteroatoms. The number of nitro groups is 1. The van der Waals surface area contributed by atoms with Crippen LogP contribution < -0.4 is 4.90 Å². The van der Waals surface area contributed by atoms with Crippen molar-refractivity contribution in [2.75, 3.05) is 18.6 Å². The van der Waals surface area contributed by atoms with Crippen LogP contribution in [-0.4, -0.2) is 30.6 Å². The highest BCUT2D eigenvalue weighted by Gasteiger charge is 2.35. The van der Waals surface area contributed by atoms with E-state index < -0.39 is 11.0 Å². The van der Waals surface area contributed by atoms with Crippen LogP contribution in [0.5, 0.6) is 0 Å². The number of hydrogen-bond donors (Lipinski definition) is 0. The third kappa shape index (κ3) is 2.70. The van der Waals surface area contributed by atoms with Gasteiger partial charge in [0.25, 0.3) is 5.69 Å². The minimum absolute atomic E-state index is 0.000923. The lowest BCUT2D eigenvalue weighted by molar-refractivity contribution is -0.384. The van der Waals surface area contributed by atoms with E-state index in [1.807, 2.05) is 0 Å². The Labute approximate surface area is 118 Å². The molecule has 0 aliphatic carbocycles. The fourth-order valence-corrected chi connectivity index (χ4v) is 2.67. The molecule has 2 rings (SSSR count). The second kappa shape index (κ2) is 5.56. The Balaban J connectivity index is 2.42. The van der Waals surface area contributed by atoms with Gasteiger partial charge in [-0.2, -0.15) is 0 Å². The van der Waals surface area contributed by atoms with E-state index in [1.165, 1.54) is 13.2 Å². The Bertz CT molecular complexity index is 520. The van der Waals surface area contributed by atoms with Crippen LogP contribution in [0.15, 0.2) is 22.7 Å². The molecule has 0 amide bonds. The average molecular weight is 329 g/mol. The number of carbonyl (C=O) groups excluding carboxylic acids is 1. The zero-order valence-corrected chi connectivity index (χ0v) is 11.9. The maximum Gasteiger partial charge on any atom is 0.328 e. The first-order chi connectivity index (χ1) is 9.04. The minimum atomic E-state index is -0.446. The molecule has 0 aromatic heterocycles. The first-order valence-corrected chi connectivity index (χ1v) is 6.62. The van der Waals surface area contributed by atoms with Gasteiger partial charge in [-0.3, -0.25) is 10.1 Å². The summed E-state index contributed by atoms with van der Waals surface area (Å²) in [7, 11) is 1.33. The predicted octanol–water partition coefficient (Wildman–Crippen LogP) is 2.50. The maximum absolute atomic E-state index is 11.7. The number of anilines is 1. The zero-order chi connectivity index (χ0) is 14.0. The van der Waals surface area contributed by atoms with Crippen molar-refractivity contribution < 1.29 is 14.5 Å². The van der Waals surface area contributed by atoms with Crippen LogP contribution in [0.2, 0.25) is 0 Å². The van der Waals surface area contributed by atoms with E-state index in [4.69, 9.17) is 4.74 Å². The molecule has 1 aromatic carbocycles. The Hall–Kier alpha value is -1.63. The van der Waals surface area contributed by atoms with Gasteiger partial charge in [-0.05, 0) is 25.0 Å². The van der Waals surface area contributed by atoms with Crippen LogP contribution in [0.25, 0.3) is 0 Å². The number of nitro benzene ring substituents is 1. The van der Waals surface area contributed by atoms with E-state index >= 15 is 0 Å². The first kappa shape index (κ1) is 13.8. The van der Waals surface area contributed by atoms with E-state index in [-0.39, 0.29) is 11.7 Å². The van der Waals surface area contributed by atoms with Crippen molar-refractivity contribution in [3.63, 3.8) is 0 Å². The fraction of sp³-hybridized carbons (Fsp3) is 0.417. The standard InChI is InChI=1S/C12H13BrN2O4/c1-19-12(16)10-3-2-6-14(10)11-7-8(13)4-5-9(11)15(17)18/h4-5,7,10H,2-3,6H2,1H3. The number of methoxy groups -OCH3 is 1. The molecule has 1 aliphatic heterocycles. The number of esters is 1. The normalized spacial score (nSPS) is 18.4. The minimum Gasteiger partial charge on any atom is -0.467 e. The first-order valence-electron chi connectivity index (χ1n) is 5.83. The highest BCUT2D eigenvalue weighted by atomic mass is 79.9. The fourth-order valence-electron chi connectivity index (χ4n) is 2.32. The lowest BCUT2D eigenvalue weighted by Gasteiger charge is -2.24. The van der Waals surface area contributed by atoms with Gasteiger partial charge in [0, 0.05) is 17.1 Å². The largest absolute Gasteiger partial charge is 0.467 e. The van der Waals surface area contributed by atoms with Gasteiger partial charge in [-0.25, -0.2) is 4.79 Å². The van der Waals surface area contributed by atoms with Crippen LogP contribution in [0, 0.1) is 10.1 Å². The predicted molar refractivity (Wildman–Crippen MR) is 73.2 cm³/mol. The van der Waals surface area contributed by atoms with E-state index in [9.17, 15) is 14.9 Å². The van der Waals surface area contributed by atoms with Crippen molar-refractivity contribution in [1.82, 2.24) is 0 Å². The Kier molecular flexibility index (Phi) is 4.04. The highest BCUT2D eigenvalue weighted by molar-refractivity contribution is 9.10. The number of benzene rings is 1. The van der Waals surface area contributed by atoms with Gasteiger partial charge in [0.2, 0.25) is 0 Å². The van der Waals surface area contributed by atoms with Crippen molar-refractivity contribution in [3.8, 4) is 0 Å². The van der Waals surface area contributed by atoms with Gasteiger partial charge in [-0.15, -0.1) is 0 Å². The van der Waals surface area contributed by atoms with Crippen LogP contribution in [0.1, 0.15) is 12.8 Å². The molecule has 1 aliphatic rings. The number of hydrogen-bond acceptors (Lipinski definition) is 5. The third-order valence-electron chi connectivity index (χ3n) is 3.17. The Morgan fingerprint density at radius 2 is 2.32 bits per heavy atom. The number of halogens is 1. The summed E-state index contributed by atoms with van der Waals surface area (Å²) in [4.78, 5) is 24.1. The SMILES string of the molecule is COC(=O)C1CCCN1c1cc(Br)ccc1[N+](=O)[O-]. The molecule has 102 valence electrons. The highest BCUT2D eigenvalue weighted by Crippen LogP contribution is 2.35. The van der Waals surface area contributed by atoms with E-state index in [0.717, 1.165) is 10.9 Å². The quantitative estimate of drug-likeness (QED) is 0.484. The summed E-state index contributed by atoms with van der Waals surface area (Å²) in [5, 5.41) is 11.1. The second-order valence-electron chi connectivity index (χ2n) is 4.26. The molecule has 1 saturated heterocycles. The molecule has 0 spiro atoms. The molecule has 1 aromatic rings.